The first-order chi connectivity index (χ1) is 7.20. The Labute approximate surface area is 88.0 Å². The Hall–Kier alpha value is -1.35. The third-order valence-corrected chi connectivity index (χ3v) is 2.52. The van der Waals surface area contributed by atoms with Crippen LogP contribution in [0.15, 0.2) is 30.0 Å². The summed E-state index contributed by atoms with van der Waals surface area (Å²) in [6.07, 6.45) is 1.60. The molecular formula is C12H13FO2. The molecule has 1 heterocycles. The number of hydrogen-bond acceptors (Lipinski definition) is 2. The maximum atomic E-state index is 13.7. The zero-order valence-corrected chi connectivity index (χ0v) is 8.53. The minimum atomic E-state index is -0.979. The van der Waals surface area contributed by atoms with E-state index in [1.165, 1.54) is 0 Å². The van der Waals surface area contributed by atoms with Crippen LogP contribution in [0.25, 0.3) is 0 Å². The van der Waals surface area contributed by atoms with Crippen molar-refractivity contribution < 1.29 is 14.2 Å². The third kappa shape index (κ3) is 1.88. The van der Waals surface area contributed by atoms with E-state index < -0.39 is 6.10 Å². The van der Waals surface area contributed by atoms with Crippen molar-refractivity contribution in [3.8, 4) is 0 Å². The van der Waals surface area contributed by atoms with Gasteiger partial charge in [0.15, 0.2) is 0 Å². The van der Waals surface area contributed by atoms with Crippen molar-refractivity contribution in [3.05, 3.63) is 47.0 Å². The summed E-state index contributed by atoms with van der Waals surface area (Å²) in [6.45, 7) is 2.25. The van der Waals surface area contributed by atoms with E-state index in [4.69, 9.17) is 4.74 Å². The summed E-state index contributed by atoms with van der Waals surface area (Å²) >= 11 is 0. The molecule has 1 aromatic rings. The van der Waals surface area contributed by atoms with Crippen LogP contribution in [0.1, 0.15) is 23.7 Å². The number of aliphatic hydroxyl groups is 1. The van der Waals surface area contributed by atoms with E-state index in [-0.39, 0.29) is 11.4 Å². The molecule has 0 bridgehead atoms. The normalized spacial score (nSPS) is 17.1. The van der Waals surface area contributed by atoms with E-state index in [0.29, 0.717) is 17.9 Å². The van der Waals surface area contributed by atoms with Gasteiger partial charge in [0, 0.05) is 12.0 Å². The second-order valence-electron chi connectivity index (χ2n) is 3.62. The highest BCUT2D eigenvalue weighted by Gasteiger charge is 2.21. The highest BCUT2D eigenvalue weighted by atomic mass is 19.1. The summed E-state index contributed by atoms with van der Waals surface area (Å²) in [7, 11) is 0. The first-order valence-electron chi connectivity index (χ1n) is 4.96. The molecule has 0 amide bonds. The highest BCUT2D eigenvalue weighted by molar-refractivity contribution is 5.30. The molecule has 2 nitrogen and oxygen atoms in total. The van der Waals surface area contributed by atoms with Gasteiger partial charge in [-0.1, -0.05) is 18.2 Å². The molecule has 1 unspecified atom stereocenters. The van der Waals surface area contributed by atoms with Crippen LogP contribution in [0.3, 0.4) is 0 Å². The van der Waals surface area contributed by atoms with Crippen molar-refractivity contribution in [2.24, 2.45) is 0 Å². The maximum Gasteiger partial charge on any atom is 0.138 e. The molecule has 0 saturated carbocycles. The molecule has 0 aliphatic carbocycles. The highest BCUT2D eigenvalue weighted by Crippen LogP contribution is 2.28. The van der Waals surface area contributed by atoms with Gasteiger partial charge in [0.2, 0.25) is 0 Å². The molecule has 0 spiro atoms. The van der Waals surface area contributed by atoms with Gasteiger partial charge in [-0.05, 0) is 18.6 Å². The summed E-state index contributed by atoms with van der Waals surface area (Å²) in [4.78, 5) is 0. The SMILES string of the molecule is Cc1cccc(C(O)C2=CCCO2)c1F. The fourth-order valence-corrected chi connectivity index (χ4v) is 1.66. The number of ether oxygens (including phenoxy) is 1. The Balaban J connectivity index is 2.32. The van der Waals surface area contributed by atoms with Crippen molar-refractivity contribution in [1.29, 1.82) is 0 Å². The predicted molar refractivity (Wildman–Crippen MR) is 54.7 cm³/mol. The quantitative estimate of drug-likeness (QED) is 0.809. The van der Waals surface area contributed by atoms with Crippen molar-refractivity contribution in [1.82, 2.24) is 0 Å². The summed E-state index contributed by atoms with van der Waals surface area (Å²) < 4.78 is 18.9. The second kappa shape index (κ2) is 4.03. The van der Waals surface area contributed by atoms with Crippen molar-refractivity contribution in [2.75, 3.05) is 6.61 Å². The largest absolute Gasteiger partial charge is 0.495 e. The number of halogens is 1. The third-order valence-electron chi connectivity index (χ3n) is 2.52. The van der Waals surface area contributed by atoms with Gasteiger partial charge in [0.1, 0.15) is 17.7 Å². The Morgan fingerprint density at radius 2 is 2.27 bits per heavy atom. The van der Waals surface area contributed by atoms with Gasteiger partial charge in [0.25, 0.3) is 0 Å². The van der Waals surface area contributed by atoms with Gasteiger partial charge in [-0.25, -0.2) is 4.39 Å². The standard InChI is InChI=1S/C12H13FO2/c1-8-4-2-5-9(11(8)13)12(14)10-6-3-7-15-10/h2,4-6,12,14H,3,7H2,1H3. The van der Waals surface area contributed by atoms with Crippen LogP contribution < -0.4 is 0 Å². The van der Waals surface area contributed by atoms with Crippen LogP contribution in [-0.4, -0.2) is 11.7 Å². The number of aliphatic hydroxyl groups excluding tert-OH is 1. The average molecular weight is 208 g/mol. The Kier molecular flexibility index (Phi) is 2.73. The molecular weight excluding hydrogens is 195 g/mol. The van der Waals surface area contributed by atoms with E-state index in [9.17, 15) is 9.50 Å². The summed E-state index contributed by atoms with van der Waals surface area (Å²) in [6, 6.07) is 4.98. The molecule has 1 atom stereocenters. The molecule has 1 aliphatic heterocycles. The summed E-state index contributed by atoms with van der Waals surface area (Å²) in [5, 5.41) is 9.89. The number of benzene rings is 1. The van der Waals surface area contributed by atoms with E-state index in [1.54, 1.807) is 31.2 Å². The van der Waals surface area contributed by atoms with Gasteiger partial charge < -0.3 is 9.84 Å². The minimum absolute atomic E-state index is 0.281. The molecule has 1 aliphatic rings. The lowest BCUT2D eigenvalue weighted by Gasteiger charge is -2.14. The molecule has 15 heavy (non-hydrogen) atoms. The van der Waals surface area contributed by atoms with E-state index >= 15 is 0 Å². The summed E-state index contributed by atoms with van der Waals surface area (Å²) in [5.41, 5.74) is 0.813. The van der Waals surface area contributed by atoms with Crippen LogP contribution in [0, 0.1) is 12.7 Å². The molecule has 2 rings (SSSR count). The molecule has 0 radical (unpaired) electrons. The van der Waals surface area contributed by atoms with Gasteiger partial charge in [-0.15, -0.1) is 0 Å². The monoisotopic (exact) mass is 208 g/mol. The second-order valence-corrected chi connectivity index (χ2v) is 3.62. The molecule has 1 N–H and O–H groups in total. The van der Waals surface area contributed by atoms with E-state index in [0.717, 1.165) is 6.42 Å². The first-order valence-corrected chi connectivity index (χ1v) is 4.96. The average Bonchev–Trinajstić information content (AvgIpc) is 2.74. The van der Waals surface area contributed by atoms with Gasteiger partial charge in [-0.2, -0.15) is 0 Å². The fourth-order valence-electron chi connectivity index (χ4n) is 1.66. The lowest BCUT2D eigenvalue weighted by molar-refractivity contribution is 0.116. The van der Waals surface area contributed by atoms with Gasteiger partial charge >= 0.3 is 0 Å². The van der Waals surface area contributed by atoms with Crippen LogP contribution in [0.5, 0.6) is 0 Å². The Morgan fingerprint density at radius 1 is 1.47 bits per heavy atom. The molecule has 80 valence electrons. The molecule has 3 heteroatoms. The van der Waals surface area contributed by atoms with Crippen LogP contribution in [0.4, 0.5) is 4.39 Å². The van der Waals surface area contributed by atoms with Crippen LogP contribution in [-0.2, 0) is 4.74 Å². The van der Waals surface area contributed by atoms with Crippen molar-refractivity contribution in [3.63, 3.8) is 0 Å². The zero-order chi connectivity index (χ0) is 10.8. The molecule has 0 fully saturated rings. The van der Waals surface area contributed by atoms with E-state index in [1.807, 2.05) is 0 Å². The topological polar surface area (TPSA) is 29.5 Å². The van der Waals surface area contributed by atoms with Gasteiger partial charge in [-0.3, -0.25) is 0 Å². The smallest absolute Gasteiger partial charge is 0.138 e. The summed E-state index contributed by atoms with van der Waals surface area (Å²) in [5.74, 6) is 0.0981. The minimum Gasteiger partial charge on any atom is -0.495 e. The van der Waals surface area contributed by atoms with Crippen LogP contribution >= 0.6 is 0 Å². The first kappa shape index (κ1) is 10.2. The van der Waals surface area contributed by atoms with Crippen LogP contribution in [0.2, 0.25) is 0 Å². The van der Waals surface area contributed by atoms with Crippen molar-refractivity contribution in [2.45, 2.75) is 19.4 Å². The van der Waals surface area contributed by atoms with Crippen molar-refractivity contribution >= 4 is 0 Å². The lowest BCUT2D eigenvalue weighted by atomic mass is 10.0. The number of aryl methyl sites for hydroxylation is 1. The Morgan fingerprint density at radius 3 is 2.93 bits per heavy atom. The molecule has 0 aromatic heterocycles. The lowest BCUT2D eigenvalue weighted by Crippen LogP contribution is -2.05. The molecule has 1 aromatic carbocycles. The Bertz CT molecular complexity index is 399. The zero-order valence-electron chi connectivity index (χ0n) is 8.53. The fraction of sp³-hybridized carbons (Fsp3) is 0.333. The maximum absolute atomic E-state index is 13.7. The van der Waals surface area contributed by atoms with E-state index in [2.05, 4.69) is 0 Å². The van der Waals surface area contributed by atoms with Gasteiger partial charge in [0.05, 0.1) is 6.61 Å². The predicted octanol–water partition coefficient (Wildman–Crippen LogP) is 2.47. The number of rotatable bonds is 2. The molecule has 0 saturated heterocycles. The number of hydrogen-bond donors (Lipinski definition) is 1.